The molecule has 0 saturated heterocycles. The number of anilines is 2. The zero-order valence-corrected chi connectivity index (χ0v) is 15.3. The molecule has 0 aliphatic heterocycles. The molecule has 2 heterocycles. The van der Waals surface area contributed by atoms with Gasteiger partial charge in [-0.3, -0.25) is 0 Å². The summed E-state index contributed by atoms with van der Waals surface area (Å²) in [5, 5.41) is 0.435. The molecule has 0 fully saturated rings. The van der Waals surface area contributed by atoms with Crippen molar-refractivity contribution in [1.82, 2.24) is 9.97 Å². The number of nitrogens with zero attached hydrogens (tertiary/aromatic N) is 2. The van der Waals surface area contributed by atoms with Crippen molar-refractivity contribution in [3.05, 3.63) is 71.1 Å². The maximum absolute atomic E-state index is 14.3. The van der Waals surface area contributed by atoms with Gasteiger partial charge in [-0.25, -0.2) is 19.2 Å². The minimum atomic E-state index is -0.689. The van der Waals surface area contributed by atoms with Gasteiger partial charge in [0.05, 0.1) is 17.9 Å². The van der Waals surface area contributed by atoms with E-state index in [1.165, 1.54) is 6.07 Å². The molecule has 0 radical (unpaired) electrons. The second kappa shape index (κ2) is 9.49. The largest absolute Gasteiger partial charge is 0.462 e. The summed E-state index contributed by atoms with van der Waals surface area (Å²) in [5.74, 6) is -0.597. The Bertz CT molecular complexity index is 920. The monoisotopic (exact) mass is 388 g/mol. The van der Waals surface area contributed by atoms with Crippen molar-refractivity contribution in [2.75, 3.05) is 18.1 Å². The molecule has 3 aromatic rings. The number of rotatable bonds is 3. The van der Waals surface area contributed by atoms with Crippen LogP contribution in [-0.2, 0) is 4.74 Å². The molecule has 1 aromatic carbocycles. The van der Waals surface area contributed by atoms with Crippen LogP contribution in [0.15, 0.2) is 54.6 Å². The molecule has 27 heavy (non-hydrogen) atoms. The van der Waals surface area contributed by atoms with Crippen molar-refractivity contribution in [1.29, 1.82) is 0 Å². The first-order valence-electron chi connectivity index (χ1n) is 7.99. The Morgan fingerprint density at radius 1 is 1.04 bits per heavy atom. The average Bonchev–Trinajstić information content (AvgIpc) is 2.62. The summed E-state index contributed by atoms with van der Waals surface area (Å²) in [4.78, 5) is 19.4. The molecule has 0 atom stereocenters. The second-order valence-corrected chi connectivity index (χ2v) is 5.61. The zero-order chi connectivity index (χ0) is 19.8. The maximum atomic E-state index is 14.3. The number of pyridine rings is 2. The molecule has 0 unspecified atom stereocenters. The van der Waals surface area contributed by atoms with Gasteiger partial charge in [0.2, 0.25) is 0 Å². The van der Waals surface area contributed by atoms with Crippen LogP contribution in [0.4, 0.5) is 16.0 Å². The van der Waals surface area contributed by atoms with Crippen LogP contribution < -0.4 is 11.5 Å². The lowest BCUT2D eigenvalue weighted by Crippen LogP contribution is -2.08. The number of ether oxygens (including phenoxy) is 1. The van der Waals surface area contributed by atoms with Crippen LogP contribution in [0.5, 0.6) is 0 Å². The third-order valence-electron chi connectivity index (χ3n) is 3.28. The molecule has 140 valence electrons. The van der Waals surface area contributed by atoms with E-state index in [0.717, 1.165) is 0 Å². The number of nitrogen functional groups attached to an aromatic ring is 2. The smallest absolute Gasteiger partial charge is 0.341 e. The number of benzene rings is 1. The fourth-order valence-corrected chi connectivity index (χ4v) is 2.29. The summed E-state index contributed by atoms with van der Waals surface area (Å²) >= 11 is 5.45. The first-order chi connectivity index (χ1) is 12.9. The average molecular weight is 389 g/mol. The predicted octanol–water partition coefficient (Wildman–Crippen LogP) is 3.96. The zero-order valence-electron chi connectivity index (χ0n) is 14.5. The van der Waals surface area contributed by atoms with Gasteiger partial charge >= 0.3 is 5.97 Å². The first kappa shape index (κ1) is 20.1. The number of hydrogen-bond acceptors (Lipinski definition) is 6. The predicted molar refractivity (Wildman–Crippen MR) is 104 cm³/mol. The Kier molecular flexibility index (Phi) is 7.08. The Morgan fingerprint density at radius 2 is 1.67 bits per heavy atom. The lowest BCUT2D eigenvalue weighted by Gasteiger charge is -2.07. The first-order valence-corrected chi connectivity index (χ1v) is 8.36. The van der Waals surface area contributed by atoms with Gasteiger partial charge < -0.3 is 16.2 Å². The summed E-state index contributed by atoms with van der Waals surface area (Å²) in [5.41, 5.74) is 11.3. The number of carbonyl (C=O) groups is 1. The van der Waals surface area contributed by atoms with E-state index in [-0.39, 0.29) is 17.7 Å². The fourth-order valence-electron chi connectivity index (χ4n) is 2.12. The molecule has 0 aliphatic rings. The van der Waals surface area contributed by atoms with Gasteiger partial charge in [-0.2, -0.15) is 0 Å². The van der Waals surface area contributed by atoms with E-state index in [1.54, 1.807) is 55.5 Å². The van der Waals surface area contributed by atoms with Gasteiger partial charge in [0.25, 0.3) is 0 Å². The second-order valence-electron chi connectivity index (χ2n) is 5.22. The molecule has 3 rings (SSSR count). The van der Waals surface area contributed by atoms with E-state index in [1.807, 2.05) is 0 Å². The number of aromatic nitrogens is 2. The molecule has 0 saturated carbocycles. The van der Waals surface area contributed by atoms with Crippen LogP contribution in [-0.4, -0.2) is 22.5 Å². The normalized spacial score (nSPS) is 9.89. The van der Waals surface area contributed by atoms with Crippen LogP contribution in [0.25, 0.3) is 11.3 Å². The Labute approximate surface area is 161 Å². The van der Waals surface area contributed by atoms with E-state index < -0.39 is 11.8 Å². The SMILES string of the molecule is CCOC(=O)c1cccc(-c2cccc(N)n2)c1F.Nc1cccc(Cl)n1. The van der Waals surface area contributed by atoms with Crippen LogP contribution in [0.2, 0.25) is 5.15 Å². The van der Waals surface area contributed by atoms with E-state index in [9.17, 15) is 9.18 Å². The lowest BCUT2D eigenvalue weighted by atomic mass is 10.1. The number of halogens is 2. The molecule has 0 bridgehead atoms. The summed E-state index contributed by atoms with van der Waals surface area (Å²) in [6, 6.07) is 14.5. The molecular formula is C19H18ClFN4O2. The van der Waals surface area contributed by atoms with Gasteiger partial charge in [0, 0.05) is 5.56 Å². The highest BCUT2D eigenvalue weighted by Gasteiger charge is 2.17. The quantitative estimate of drug-likeness (QED) is 0.519. The molecule has 0 spiro atoms. The van der Waals surface area contributed by atoms with E-state index in [2.05, 4.69) is 9.97 Å². The molecule has 2 aromatic heterocycles. The van der Waals surface area contributed by atoms with Gasteiger partial charge in [-0.15, -0.1) is 0 Å². The van der Waals surface area contributed by atoms with Crippen molar-refractivity contribution >= 4 is 29.2 Å². The molecule has 4 N–H and O–H groups in total. The fraction of sp³-hybridized carbons (Fsp3) is 0.105. The summed E-state index contributed by atoms with van der Waals surface area (Å²) in [6.07, 6.45) is 0. The maximum Gasteiger partial charge on any atom is 0.341 e. The Balaban J connectivity index is 0.000000273. The van der Waals surface area contributed by atoms with E-state index in [0.29, 0.717) is 22.5 Å². The number of hydrogen-bond donors (Lipinski definition) is 2. The van der Waals surface area contributed by atoms with Crippen LogP contribution in [0.3, 0.4) is 0 Å². The van der Waals surface area contributed by atoms with Crippen LogP contribution in [0.1, 0.15) is 17.3 Å². The van der Waals surface area contributed by atoms with E-state index in [4.69, 9.17) is 27.8 Å². The minimum absolute atomic E-state index is 0.108. The summed E-state index contributed by atoms with van der Waals surface area (Å²) in [7, 11) is 0. The Morgan fingerprint density at radius 3 is 2.22 bits per heavy atom. The lowest BCUT2D eigenvalue weighted by molar-refractivity contribution is 0.0521. The minimum Gasteiger partial charge on any atom is -0.462 e. The summed E-state index contributed by atoms with van der Waals surface area (Å²) in [6.45, 7) is 1.86. The highest BCUT2D eigenvalue weighted by atomic mass is 35.5. The standard InChI is InChI=1S/C14H13FN2O2.C5H5ClN2/c1-2-19-14(18)10-6-3-5-9(13(10)15)11-7-4-8-12(16)17-11;6-4-2-1-3-5(7)8-4/h3-8H,2H2,1H3,(H2,16,17);1-3H,(H2,7,8). The third kappa shape index (κ3) is 5.65. The van der Waals surface area contributed by atoms with Crippen LogP contribution >= 0.6 is 11.6 Å². The van der Waals surface area contributed by atoms with Gasteiger partial charge in [0.1, 0.15) is 22.6 Å². The van der Waals surface area contributed by atoms with Gasteiger partial charge in [-0.05, 0) is 43.3 Å². The Hall–Kier alpha value is -3.19. The van der Waals surface area contributed by atoms with Crippen molar-refractivity contribution in [3.63, 3.8) is 0 Å². The third-order valence-corrected chi connectivity index (χ3v) is 3.49. The van der Waals surface area contributed by atoms with Gasteiger partial charge in [0.15, 0.2) is 0 Å². The van der Waals surface area contributed by atoms with Crippen molar-refractivity contribution in [2.24, 2.45) is 0 Å². The number of esters is 1. The summed E-state index contributed by atoms with van der Waals surface area (Å²) < 4.78 is 19.1. The molecule has 0 amide bonds. The molecular weight excluding hydrogens is 371 g/mol. The highest BCUT2D eigenvalue weighted by Crippen LogP contribution is 2.24. The topological polar surface area (TPSA) is 104 Å². The molecule has 8 heteroatoms. The molecule has 0 aliphatic carbocycles. The molecule has 6 nitrogen and oxygen atoms in total. The van der Waals surface area contributed by atoms with Crippen molar-refractivity contribution in [3.8, 4) is 11.3 Å². The van der Waals surface area contributed by atoms with Crippen LogP contribution in [0, 0.1) is 5.82 Å². The van der Waals surface area contributed by atoms with Crippen molar-refractivity contribution in [2.45, 2.75) is 6.92 Å². The number of carbonyl (C=O) groups excluding carboxylic acids is 1. The van der Waals surface area contributed by atoms with E-state index >= 15 is 0 Å². The van der Waals surface area contributed by atoms with Gasteiger partial charge in [-0.1, -0.05) is 29.8 Å². The van der Waals surface area contributed by atoms with Crippen molar-refractivity contribution < 1.29 is 13.9 Å². The highest BCUT2D eigenvalue weighted by molar-refractivity contribution is 6.29. The number of nitrogens with two attached hydrogens (primary N) is 2.